The van der Waals surface area contributed by atoms with Crippen LogP contribution >= 0.6 is 15.9 Å². The molecule has 0 unspecified atom stereocenters. The maximum absolute atomic E-state index is 12.6. The molecule has 0 spiro atoms. The Morgan fingerprint density at radius 3 is 2.46 bits per heavy atom. The number of hydrazone groups is 1. The van der Waals surface area contributed by atoms with Crippen LogP contribution < -0.4 is 24.4 Å². The molecule has 9 heteroatoms. The van der Waals surface area contributed by atoms with Crippen molar-refractivity contribution >= 4 is 44.8 Å². The number of ether oxygens (including phenoxy) is 4. The third-order valence-electron chi connectivity index (χ3n) is 5.54. The van der Waals surface area contributed by atoms with Gasteiger partial charge in [0.25, 0.3) is 5.91 Å². The van der Waals surface area contributed by atoms with Crippen LogP contribution in [0.4, 0.5) is 0 Å². The van der Waals surface area contributed by atoms with Crippen LogP contribution in [-0.2, 0) is 4.79 Å². The van der Waals surface area contributed by atoms with E-state index in [0.717, 1.165) is 21.7 Å². The molecule has 39 heavy (non-hydrogen) atoms. The van der Waals surface area contributed by atoms with Gasteiger partial charge in [-0.1, -0.05) is 37.3 Å². The van der Waals surface area contributed by atoms with Crippen LogP contribution in [0.5, 0.6) is 23.0 Å². The number of amides is 1. The van der Waals surface area contributed by atoms with Crippen LogP contribution in [0.2, 0.25) is 0 Å². The van der Waals surface area contributed by atoms with Crippen LogP contribution in [0.15, 0.2) is 88.4 Å². The Bertz CT molecular complexity index is 1490. The molecule has 0 fully saturated rings. The van der Waals surface area contributed by atoms with E-state index in [2.05, 4.69) is 26.5 Å². The molecular formula is C30H27BrN2O6. The number of hydrogen-bond donors (Lipinski definition) is 1. The van der Waals surface area contributed by atoms with Gasteiger partial charge in [-0.15, -0.1) is 0 Å². The van der Waals surface area contributed by atoms with E-state index in [0.29, 0.717) is 35.0 Å². The zero-order valence-corrected chi connectivity index (χ0v) is 23.1. The monoisotopic (exact) mass is 590 g/mol. The van der Waals surface area contributed by atoms with Gasteiger partial charge in [0.1, 0.15) is 11.5 Å². The highest BCUT2D eigenvalue weighted by Crippen LogP contribution is 2.33. The van der Waals surface area contributed by atoms with Crippen molar-refractivity contribution < 1.29 is 28.5 Å². The first kappa shape index (κ1) is 27.7. The van der Waals surface area contributed by atoms with Crippen LogP contribution in [0.1, 0.15) is 29.3 Å². The van der Waals surface area contributed by atoms with E-state index in [4.69, 9.17) is 18.9 Å². The largest absolute Gasteiger partial charge is 0.494 e. The molecule has 0 saturated carbocycles. The molecule has 4 aromatic rings. The van der Waals surface area contributed by atoms with E-state index < -0.39 is 11.9 Å². The Kier molecular flexibility index (Phi) is 9.53. The predicted molar refractivity (Wildman–Crippen MR) is 153 cm³/mol. The molecule has 0 radical (unpaired) electrons. The summed E-state index contributed by atoms with van der Waals surface area (Å²) < 4.78 is 22.9. The zero-order valence-electron chi connectivity index (χ0n) is 21.5. The molecule has 0 aromatic heterocycles. The van der Waals surface area contributed by atoms with Crippen molar-refractivity contribution in [3.05, 3.63) is 94.5 Å². The van der Waals surface area contributed by atoms with Gasteiger partial charge in [0.15, 0.2) is 18.1 Å². The van der Waals surface area contributed by atoms with Gasteiger partial charge < -0.3 is 18.9 Å². The van der Waals surface area contributed by atoms with Gasteiger partial charge in [0.05, 0.1) is 30.0 Å². The number of carbonyl (C=O) groups is 2. The molecule has 0 atom stereocenters. The Labute approximate surface area is 234 Å². The smallest absolute Gasteiger partial charge is 0.343 e. The lowest BCUT2D eigenvalue weighted by Crippen LogP contribution is -2.24. The topological polar surface area (TPSA) is 95.5 Å². The average molecular weight is 591 g/mol. The van der Waals surface area contributed by atoms with Crippen molar-refractivity contribution in [2.24, 2.45) is 5.10 Å². The third kappa shape index (κ3) is 7.36. The van der Waals surface area contributed by atoms with Gasteiger partial charge in [-0.2, -0.15) is 5.10 Å². The van der Waals surface area contributed by atoms with Crippen molar-refractivity contribution in [1.29, 1.82) is 0 Å². The van der Waals surface area contributed by atoms with E-state index in [9.17, 15) is 9.59 Å². The van der Waals surface area contributed by atoms with Crippen molar-refractivity contribution in [3.63, 3.8) is 0 Å². The van der Waals surface area contributed by atoms with E-state index in [1.165, 1.54) is 13.3 Å². The molecule has 1 N–H and O–H groups in total. The first-order valence-electron chi connectivity index (χ1n) is 12.2. The summed E-state index contributed by atoms with van der Waals surface area (Å²) in [6, 6.07) is 23.3. The lowest BCUT2D eigenvalue weighted by Gasteiger charge is -2.11. The molecule has 0 aliphatic rings. The fraction of sp³-hybridized carbons (Fsp3) is 0.167. The first-order valence-corrected chi connectivity index (χ1v) is 13.0. The normalized spacial score (nSPS) is 10.8. The molecule has 1 amide bonds. The van der Waals surface area contributed by atoms with E-state index in [1.807, 2.05) is 37.3 Å². The molecule has 200 valence electrons. The number of nitrogens with one attached hydrogen (secondary N) is 1. The number of halogens is 1. The summed E-state index contributed by atoms with van der Waals surface area (Å²) >= 11 is 3.54. The molecular weight excluding hydrogens is 564 g/mol. The van der Waals surface area contributed by atoms with Crippen LogP contribution in [0.25, 0.3) is 10.8 Å². The minimum atomic E-state index is -0.526. The summed E-state index contributed by atoms with van der Waals surface area (Å²) in [4.78, 5) is 24.8. The van der Waals surface area contributed by atoms with Gasteiger partial charge in [-0.3, -0.25) is 4.79 Å². The number of hydrogen-bond acceptors (Lipinski definition) is 7. The van der Waals surface area contributed by atoms with Gasteiger partial charge >= 0.3 is 5.97 Å². The van der Waals surface area contributed by atoms with E-state index in [1.54, 1.807) is 48.5 Å². The Morgan fingerprint density at radius 2 is 1.69 bits per heavy atom. The predicted octanol–water partition coefficient (Wildman–Crippen LogP) is 6.15. The van der Waals surface area contributed by atoms with Crippen LogP contribution in [0.3, 0.4) is 0 Å². The van der Waals surface area contributed by atoms with E-state index in [-0.39, 0.29) is 12.4 Å². The number of esters is 1. The number of fused-ring (bicyclic) bond motifs is 1. The van der Waals surface area contributed by atoms with Crippen molar-refractivity contribution in [2.45, 2.75) is 13.3 Å². The number of benzene rings is 4. The van der Waals surface area contributed by atoms with Crippen LogP contribution in [0, 0.1) is 0 Å². The van der Waals surface area contributed by atoms with Gasteiger partial charge in [0, 0.05) is 0 Å². The highest BCUT2D eigenvalue weighted by atomic mass is 79.9. The number of methoxy groups -OCH3 is 1. The second-order valence-electron chi connectivity index (χ2n) is 8.35. The Hall–Kier alpha value is -4.37. The van der Waals surface area contributed by atoms with Crippen molar-refractivity contribution in [2.75, 3.05) is 20.3 Å². The van der Waals surface area contributed by atoms with Crippen molar-refractivity contribution in [1.82, 2.24) is 5.43 Å². The molecule has 0 aliphatic carbocycles. The van der Waals surface area contributed by atoms with Gasteiger partial charge in [0.2, 0.25) is 0 Å². The lowest BCUT2D eigenvalue weighted by atomic mass is 10.1. The summed E-state index contributed by atoms with van der Waals surface area (Å²) in [6.07, 6.45) is 2.35. The summed E-state index contributed by atoms with van der Waals surface area (Å²) in [5.41, 5.74) is 3.44. The Morgan fingerprint density at radius 1 is 0.923 bits per heavy atom. The third-order valence-corrected chi connectivity index (χ3v) is 6.36. The molecule has 4 rings (SSSR count). The summed E-state index contributed by atoms with van der Waals surface area (Å²) in [6.45, 7) is 2.42. The number of nitrogens with zero attached hydrogens (tertiary/aromatic N) is 1. The maximum atomic E-state index is 12.6. The second kappa shape index (κ2) is 13.4. The minimum absolute atomic E-state index is 0.210. The highest BCUT2D eigenvalue weighted by molar-refractivity contribution is 9.10. The lowest BCUT2D eigenvalue weighted by molar-refractivity contribution is -0.123. The number of rotatable bonds is 11. The zero-order chi connectivity index (χ0) is 27.6. The number of carbonyl (C=O) groups excluding carboxylic acids is 2. The van der Waals surface area contributed by atoms with E-state index >= 15 is 0 Å². The Balaban J connectivity index is 1.31. The summed E-state index contributed by atoms with van der Waals surface area (Å²) in [7, 11) is 1.47. The molecule has 8 nitrogen and oxygen atoms in total. The average Bonchev–Trinajstić information content (AvgIpc) is 2.96. The van der Waals surface area contributed by atoms with Gasteiger partial charge in [-0.05, 0) is 87.2 Å². The standard InChI is InChI=1S/C30H27BrN2O6/c1-3-16-37-23-12-9-22(10-13-23)30(35)39-25-14-8-20(17-27(25)36-2)18-32-33-28(34)19-38-26-15-11-21-6-4-5-7-24(21)29(26)31/h4-15,17-18H,3,16,19H2,1-2H3,(H,33,34)/b32-18-. The summed E-state index contributed by atoms with van der Waals surface area (Å²) in [5, 5.41) is 6.03. The highest BCUT2D eigenvalue weighted by Gasteiger charge is 2.13. The minimum Gasteiger partial charge on any atom is -0.494 e. The van der Waals surface area contributed by atoms with Gasteiger partial charge in [-0.25, -0.2) is 10.2 Å². The maximum Gasteiger partial charge on any atom is 0.343 e. The first-order chi connectivity index (χ1) is 19.0. The summed E-state index contributed by atoms with van der Waals surface area (Å²) in [5.74, 6) is 0.894. The van der Waals surface area contributed by atoms with Crippen molar-refractivity contribution in [3.8, 4) is 23.0 Å². The second-order valence-corrected chi connectivity index (χ2v) is 9.15. The SMILES string of the molecule is CCCOc1ccc(C(=O)Oc2ccc(/C=N\NC(=O)COc3ccc4ccccc4c3Br)cc2OC)cc1. The molecule has 0 heterocycles. The quantitative estimate of drug-likeness (QED) is 0.0974. The molecule has 0 aliphatic heterocycles. The molecule has 4 aromatic carbocycles. The fourth-order valence-electron chi connectivity index (χ4n) is 3.59. The fourth-order valence-corrected chi connectivity index (χ4v) is 4.20. The van der Waals surface area contributed by atoms with Crippen LogP contribution in [-0.4, -0.2) is 38.4 Å². The molecule has 0 bridgehead atoms. The molecule has 0 saturated heterocycles.